The Morgan fingerprint density at radius 2 is 1.37 bits per heavy atom. The number of hydrogen-bond donors (Lipinski definition) is 2. The normalized spacial score (nSPS) is 20.5. The summed E-state index contributed by atoms with van der Waals surface area (Å²) in [6, 6.07) is 12.3. The maximum absolute atomic E-state index is 12.8. The van der Waals surface area contributed by atoms with Crippen LogP contribution in [0.5, 0.6) is 0 Å². The number of hydrogen-bond acceptors (Lipinski definition) is 4. The minimum Gasteiger partial charge on any atom is -0.385 e. The minimum absolute atomic E-state index is 0.294. The molecule has 4 nitrogen and oxygen atoms in total. The van der Waals surface area contributed by atoms with Crippen molar-refractivity contribution >= 4 is 5.70 Å². The molecule has 0 radical (unpaired) electrons. The second kappa shape index (κ2) is 7.41. The van der Waals surface area contributed by atoms with E-state index in [4.69, 9.17) is 4.74 Å². The number of ether oxygens (including phenoxy) is 1. The van der Waals surface area contributed by atoms with Crippen LogP contribution in [-0.4, -0.2) is 41.4 Å². The van der Waals surface area contributed by atoms with Crippen LogP contribution in [0.1, 0.15) is 35.1 Å². The highest BCUT2D eigenvalue weighted by Crippen LogP contribution is 2.37. The Labute approximate surface area is 173 Å². The highest BCUT2D eigenvalue weighted by Gasteiger charge is 2.38. The molecule has 0 unspecified atom stereocenters. The molecule has 2 aliphatic rings. The van der Waals surface area contributed by atoms with Gasteiger partial charge in [-0.1, -0.05) is 43.0 Å². The van der Waals surface area contributed by atoms with E-state index in [1.807, 2.05) is 24.3 Å². The van der Waals surface area contributed by atoms with E-state index >= 15 is 0 Å². The van der Waals surface area contributed by atoms with E-state index < -0.39 is 22.9 Å². The summed E-state index contributed by atoms with van der Waals surface area (Å²) in [6.45, 7) is 5.83. The summed E-state index contributed by atoms with van der Waals surface area (Å²) in [5.74, 6) is 0. The molecule has 160 valence electrons. The number of nitrogens with zero attached hydrogens (tertiary/aromatic N) is 1. The van der Waals surface area contributed by atoms with Gasteiger partial charge in [-0.05, 0) is 41.7 Å². The smallest absolute Gasteiger partial charge is 0.385 e. The molecule has 0 spiro atoms. The number of halogens is 3. The van der Waals surface area contributed by atoms with Crippen molar-refractivity contribution in [3.63, 3.8) is 0 Å². The summed E-state index contributed by atoms with van der Waals surface area (Å²) >= 11 is 0. The minimum atomic E-state index is -4.39. The Hall–Kier alpha value is -2.35. The molecule has 2 N–H and O–H groups in total. The maximum Gasteiger partial charge on any atom is 0.416 e. The predicted octanol–water partition coefficient (Wildman–Crippen LogP) is 3.88. The molecule has 0 aliphatic carbocycles. The number of benzene rings is 2. The summed E-state index contributed by atoms with van der Waals surface area (Å²) in [4.78, 5) is 2.06. The first-order chi connectivity index (χ1) is 14.1. The van der Waals surface area contributed by atoms with Crippen molar-refractivity contribution in [3.8, 4) is 0 Å². The summed E-state index contributed by atoms with van der Waals surface area (Å²) in [7, 11) is 0. The van der Waals surface area contributed by atoms with Gasteiger partial charge in [0.05, 0.1) is 24.4 Å². The first-order valence-corrected chi connectivity index (χ1v) is 9.86. The maximum atomic E-state index is 12.8. The molecule has 2 fully saturated rings. The summed E-state index contributed by atoms with van der Waals surface area (Å²) < 4.78 is 43.4. The van der Waals surface area contributed by atoms with Crippen LogP contribution in [0.15, 0.2) is 55.1 Å². The number of aliphatic hydroxyl groups is 2. The van der Waals surface area contributed by atoms with Gasteiger partial charge in [-0.25, -0.2) is 0 Å². The lowest BCUT2D eigenvalue weighted by Crippen LogP contribution is -2.46. The zero-order valence-electron chi connectivity index (χ0n) is 16.5. The van der Waals surface area contributed by atoms with E-state index in [0.29, 0.717) is 44.7 Å². The van der Waals surface area contributed by atoms with Crippen LogP contribution in [0.25, 0.3) is 5.70 Å². The quantitative estimate of drug-likeness (QED) is 0.790. The molecule has 0 bridgehead atoms. The van der Waals surface area contributed by atoms with Crippen LogP contribution in [-0.2, 0) is 22.1 Å². The number of alkyl halides is 3. The largest absolute Gasteiger partial charge is 0.416 e. The Kier molecular flexibility index (Phi) is 5.16. The average Bonchev–Trinajstić information content (AvgIpc) is 2.72. The van der Waals surface area contributed by atoms with Crippen molar-refractivity contribution in [1.82, 2.24) is 4.90 Å². The lowest BCUT2D eigenvalue weighted by Gasteiger charge is -2.40. The topological polar surface area (TPSA) is 52.9 Å². The predicted molar refractivity (Wildman–Crippen MR) is 106 cm³/mol. The van der Waals surface area contributed by atoms with Gasteiger partial charge < -0.3 is 19.8 Å². The molecule has 0 aromatic heterocycles. The fourth-order valence-electron chi connectivity index (χ4n) is 4.02. The van der Waals surface area contributed by atoms with Crippen molar-refractivity contribution < 1.29 is 28.1 Å². The number of piperidine rings is 1. The van der Waals surface area contributed by atoms with Gasteiger partial charge in [0.15, 0.2) is 0 Å². The molecule has 2 aliphatic heterocycles. The third-order valence-electron chi connectivity index (χ3n) is 6.16. The van der Waals surface area contributed by atoms with Gasteiger partial charge in [0.25, 0.3) is 0 Å². The molecule has 7 heteroatoms. The molecule has 2 aromatic carbocycles. The molecule has 2 saturated heterocycles. The van der Waals surface area contributed by atoms with E-state index in [-0.39, 0.29) is 0 Å². The monoisotopic (exact) mass is 419 g/mol. The van der Waals surface area contributed by atoms with Crippen LogP contribution in [0.4, 0.5) is 13.2 Å². The van der Waals surface area contributed by atoms with Gasteiger partial charge >= 0.3 is 6.18 Å². The van der Waals surface area contributed by atoms with Gasteiger partial charge in [-0.15, -0.1) is 0 Å². The Morgan fingerprint density at radius 3 is 1.83 bits per heavy atom. The number of likely N-dealkylation sites (tertiary alicyclic amines) is 1. The van der Waals surface area contributed by atoms with E-state index in [0.717, 1.165) is 29.0 Å². The summed E-state index contributed by atoms with van der Waals surface area (Å²) in [5, 5.41) is 21.3. The van der Waals surface area contributed by atoms with Gasteiger partial charge in [0.2, 0.25) is 0 Å². The van der Waals surface area contributed by atoms with Gasteiger partial charge in [-0.3, -0.25) is 0 Å². The van der Waals surface area contributed by atoms with Crippen LogP contribution >= 0.6 is 0 Å². The van der Waals surface area contributed by atoms with Crippen LogP contribution in [0.2, 0.25) is 0 Å². The molecular formula is C23H24F3NO3. The van der Waals surface area contributed by atoms with Crippen molar-refractivity contribution in [2.45, 2.75) is 30.2 Å². The molecule has 0 atom stereocenters. The lowest BCUT2D eigenvalue weighted by atomic mass is 9.83. The average molecular weight is 419 g/mol. The van der Waals surface area contributed by atoms with Gasteiger partial charge in [0, 0.05) is 18.8 Å². The fourth-order valence-corrected chi connectivity index (χ4v) is 4.02. The van der Waals surface area contributed by atoms with Crippen LogP contribution in [0.3, 0.4) is 0 Å². The first-order valence-electron chi connectivity index (χ1n) is 9.86. The molecule has 0 amide bonds. The first kappa shape index (κ1) is 20.9. The second-order valence-corrected chi connectivity index (χ2v) is 8.14. The zero-order valence-corrected chi connectivity index (χ0v) is 16.5. The Bertz CT molecular complexity index is 910. The van der Waals surface area contributed by atoms with E-state index in [1.165, 1.54) is 12.1 Å². The lowest BCUT2D eigenvalue weighted by molar-refractivity contribution is -0.184. The van der Waals surface area contributed by atoms with Crippen LogP contribution < -0.4 is 0 Å². The molecule has 0 saturated carbocycles. The second-order valence-electron chi connectivity index (χ2n) is 8.14. The zero-order chi connectivity index (χ0) is 21.6. The van der Waals surface area contributed by atoms with E-state index in [2.05, 4.69) is 11.5 Å². The summed E-state index contributed by atoms with van der Waals surface area (Å²) in [6.07, 6.45) is -3.60. The summed E-state index contributed by atoms with van der Waals surface area (Å²) in [5.41, 5.74) is 0.251. The Morgan fingerprint density at radius 1 is 0.867 bits per heavy atom. The molecule has 2 heterocycles. The highest BCUT2D eigenvalue weighted by atomic mass is 19.4. The molecular weight excluding hydrogens is 395 g/mol. The van der Waals surface area contributed by atoms with Crippen molar-refractivity contribution in [3.05, 3.63) is 77.4 Å². The molecule has 2 aromatic rings. The van der Waals surface area contributed by atoms with Crippen molar-refractivity contribution in [2.24, 2.45) is 0 Å². The third kappa shape index (κ3) is 3.85. The van der Waals surface area contributed by atoms with Gasteiger partial charge in [-0.2, -0.15) is 13.2 Å². The van der Waals surface area contributed by atoms with Crippen LogP contribution in [0, 0.1) is 0 Å². The SMILES string of the molecule is C=C(c1ccc(C2(O)COC2)cc1)N1CCC(O)(c2ccc(C(F)(F)F)cc2)CC1. The fraction of sp³-hybridized carbons (Fsp3) is 0.391. The Balaban J connectivity index is 1.40. The highest BCUT2D eigenvalue weighted by molar-refractivity contribution is 5.62. The van der Waals surface area contributed by atoms with E-state index in [9.17, 15) is 23.4 Å². The number of rotatable bonds is 4. The van der Waals surface area contributed by atoms with Gasteiger partial charge in [0.1, 0.15) is 5.60 Å². The standard InChI is InChI=1S/C23H24F3NO3/c1-16(17-2-4-19(5-3-17)22(29)14-30-15-22)27-12-10-21(28,11-13-27)18-6-8-20(9-7-18)23(24,25)26/h2-9,28-29H,1,10-15H2. The molecule has 30 heavy (non-hydrogen) atoms. The third-order valence-corrected chi connectivity index (χ3v) is 6.16. The van der Waals surface area contributed by atoms with Crippen molar-refractivity contribution in [2.75, 3.05) is 26.3 Å². The van der Waals surface area contributed by atoms with Crippen molar-refractivity contribution in [1.29, 1.82) is 0 Å². The molecule has 4 rings (SSSR count). The van der Waals surface area contributed by atoms with E-state index in [1.54, 1.807) is 0 Å².